The Labute approximate surface area is 93.9 Å². The van der Waals surface area contributed by atoms with E-state index in [9.17, 15) is 4.79 Å². The molecule has 1 aromatic rings. The van der Waals surface area contributed by atoms with Gasteiger partial charge in [-0.1, -0.05) is 0 Å². The third-order valence-electron chi connectivity index (χ3n) is 1.94. The van der Waals surface area contributed by atoms with Crippen LogP contribution in [0.1, 0.15) is 16.8 Å². The summed E-state index contributed by atoms with van der Waals surface area (Å²) in [4.78, 5) is 11.5. The molecule has 1 aromatic carbocycles. The minimum atomic E-state index is -0.0869. The molecule has 0 saturated heterocycles. The van der Waals surface area contributed by atoms with Crippen molar-refractivity contribution in [2.45, 2.75) is 6.42 Å². The van der Waals surface area contributed by atoms with Gasteiger partial charge in [-0.2, -0.15) is 11.8 Å². The maximum Gasteiger partial charge on any atom is 0.251 e. The van der Waals surface area contributed by atoms with Crippen molar-refractivity contribution in [3.8, 4) is 5.75 Å². The molecule has 0 atom stereocenters. The number of amides is 1. The molecule has 15 heavy (non-hydrogen) atoms. The molecule has 2 N–H and O–H groups in total. The lowest BCUT2D eigenvalue weighted by Gasteiger charge is -2.04. The van der Waals surface area contributed by atoms with E-state index in [1.807, 2.05) is 6.26 Å². The van der Waals surface area contributed by atoms with Gasteiger partial charge in [0.2, 0.25) is 0 Å². The summed E-state index contributed by atoms with van der Waals surface area (Å²) in [5.74, 6) is 1.14. The lowest BCUT2D eigenvalue weighted by molar-refractivity contribution is 0.0954. The van der Waals surface area contributed by atoms with Gasteiger partial charge in [0.25, 0.3) is 5.91 Å². The first-order valence-corrected chi connectivity index (χ1v) is 6.19. The summed E-state index contributed by atoms with van der Waals surface area (Å²) < 4.78 is 0. The van der Waals surface area contributed by atoms with Crippen molar-refractivity contribution in [2.75, 3.05) is 18.6 Å². The Balaban J connectivity index is 2.37. The second kappa shape index (κ2) is 6.35. The summed E-state index contributed by atoms with van der Waals surface area (Å²) in [5.41, 5.74) is 0.581. The first-order chi connectivity index (χ1) is 7.24. The molecule has 0 saturated carbocycles. The predicted molar refractivity (Wildman–Crippen MR) is 63.4 cm³/mol. The van der Waals surface area contributed by atoms with E-state index in [4.69, 9.17) is 5.11 Å². The van der Waals surface area contributed by atoms with Crippen LogP contribution >= 0.6 is 11.8 Å². The van der Waals surface area contributed by atoms with Gasteiger partial charge in [-0.3, -0.25) is 4.79 Å². The molecule has 0 bridgehead atoms. The molecule has 0 fully saturated rings. The van der Waals surface area contributed by atoms with Crippen molar-refractivity contribution < 1.29 is 9.90 Å². The van der Waals surface area contributed by atoms with Gasteiger partial charge in [0, 0.05) is 12.1 Å². The molecule has 0 spiro atoms. The maximum atomic E-state index is 11.5. The molecular weight excluding hydrogens is 210 g/mol. The molecule has 0 heterocycles. The van der Waals surface area contributed by atoms with Crippen molar-refractivity contribution in [3.05, 3.63) is 29.8 Å². The second-order valence-electron chi connectivity index (χ2n) is 3.15. The van der Waals surface area contributed by atoms with Crippen LogP contribution in [-0.4, -0.2) is 29.6 Å². The van der Waals surface area contributed by atoms with Gasteiger partial charge in [-0.25, -0.2) is 0 Å². The Morgan fingerprint density at radius 3 is 2.67 bits per heavy atom. The van der Waals surface area contributed by atoms with Crippen LogP contribution in [-0.2, 0) is 0 Å². The molecule has 0 aliphatic heterocycles. The van der Waals surface area contributed by atoms with E-state index in [0.29, 0.717) is 12.1 Å². The minimum absolute atomic E-state index is 0.0869. The number of phenols is 1. The van der Waals surface area contributed by atoms with Crippen LogP contribution in [0.5, 0.6) is 5.75 Å². The molecule has 82 valence electrons. The normalized spacial score (nSPS) is 9.93. The lowest BCUT2D eigenvalue weighted by atomic mass is 10.2. The molecule has 1 amide bonds. The Morgan fingerprint density at radius 2 is 2.07 bits per heavy atom. The molecule has 4 heteroatoms. The van der Waals surface area contributed by atoms with Crippen molar-refractivity contribution in [3.63, 3.8) is 0 Å². The molecule has 0 aromatic heterocycles. The van der Waals surface area contributed by atoms with E-state index < -0.39 is 0 Å². The molecule has 0 radical (unpaired) electrons. The largest absolute Gasteiger partial charge is 0.508 e. The zero-order chi connectivity index (χ0) is 11.1. The molecular formula is C11H15NO2S. The Hall–Kier alpha value is -1.16. The Morgan fingerprint density at radius 1 is 1.40 bits per heavy atom. The van der Waals surface area contributed by atoms with Crippen LogP contribution in [0.4, 0.5) is 0 Å². The highest BCUT2D eigenvalue weighted by Gasteiger charge is 2.03. The fourth-order valence-corrected chi connectivity index (χ4v) is 1.57. The van der Waals surface area contributed by atoms with Crippen molar-refractivity contribution >= 4 is 17.7 Å². The highest BCUT2D eigenvalue weighted by Crippen LogP contribution is 2.09. The van der Waals surface area contributed by atoms with Crippen molar-refractivity contribution in [1.82, 2.24) is 5.32 Å². The number of rotatable bonds is 5. The van der Waals surface area contributed by atoms with Gasteiger partial charge in [0.1, 0.15) is 5.75 Å². The number of hydrogen-bond acceptors (Lipinski definition) is 3. The van der Waals surface area contributed by atoms with Crippen LogP contribution in [0.15, 0.2) is 24.3 Å². The van der Waals surface area contributed by atoms with Crippen LogP contribution in [0.3, 0.4) is 0 Å². The van der Waals surface area contributed by atoms with Gasteiger partial charge in [-0.05, 0) is 42.7 Å². The molecule has 0 aliphatic rings. The number of carbonyl (C=O) groups excluding carboxylic acids is 1. The van der Waals surface area contributed by atoms with Crippen LogP contribution in [0.2, 0.25) is 0 Å². The average molecular weight is 225 g/mol. The van der Waals surface area contributed by atoms with Crippen molar-refractivity contribution in [1.29, 1.82) is 0 Å². The quantitative estimate of drug-likeness (QED) is 0.752. The predicted octanol–water partition coefficient (Wildman–Crippen LogP) is 1.88. The SMILES string of the molecule is CSCCCNC(=O)c1ccc(O)cc1. The average Bonchev–Trinajstić information content (AvgIpc) is 2.25. The minimum Gasteiger partial charge on any atom is -0.508 e. The fourth-order valence-electron chi connectivity index (χ4n) is 1.13. The Kier molecular flexibility index (Phi) is 5.04. The maximum absolute atomic E-state index is 11.5. The van der Waals surface area contributed by atoms with Gasteiger partial charge < -0.3 is 10.4 Å². The number of carbonyl (C=O) groups is 1. The first-order valence-electron chi connectivity index (χ1n) is 4.80. The fraction of sp³-hybridized carbons (Fsp3) is 0.364. The van der Waals surface area contributed by atoms with Gasteiger partial charge in [0.05, 0.1) is 0 Å². The second-order valence-corrected chi connectivity index (χ2v) is 4.13. The summed E-state index contributed by atoms with van der Waals surface area (Å²) in [6.07, 6.45) is 3.02. The number of hydrogen-bond donors (Lipinski definition) is 2. The third-order valence-corrected chi connectivity index (χ3v) is 2.64. The van der Waals surface area contributed by atoms with E-state index in [-0.39, 0.29) is 11.7 Å². The summed E-state index contributed by atoms with van der Waals surface area (Å²) in [5, 5.41) is 11.9. The number of nitrogens with one attached hydrogen (secondary N) is 1. The van der Waals surface area contributed by atoms with E-state index in [0.717, 1.165) is 12.2 Å². The number of thioether (sulfide) groups is 1. The molecule has 0 aliphatic carbocycles. The summed E-state index contributed by atoms with van der Waals surface area (Å²) >= 11 is 1.77. The monoisotopic (exact) mass is 225 g/mol. The molecule has 3 nitrogen and oxygen atoms in total. The Bertz CT molecular complexity index is 311. The molecule has 0 unspecified atom stereocenters. The van der Waals surface area contributed by atoms with Crippen LogP contribution in [0.25, 0.3) is 0 Å². The lowest BCUT2D eigenvalue weighted by Crippen LogP contribution is -2.24. The topological polar surface area (TPSA) is 49.3 Å². The highest BCUT2D eigenvalue weighted by atomic mass is 32.2. The van der Waals surface area contributed by atoms with Gasteiger partial charge in [-0.15, -0.1) is 0 Å². The van der Waals surface area contributed by atoms with Gasteiger partial charge >= 0.3 is 0 Å². The smallest absolute Gasteiger partial charge is 0.251 e. The van der Waals surface area contributed by atoms with Crippen LogP contribution < -0.4 is 5.32 Å². The highest BCUT2D eigenvalue weighted by molar-refractivity contribution is 7.98. The number of phenolic OH excluding ortho intramolecular Hbond substituents is 1. The zero-order valence-corrected chi connectivity index (χ0v) is 9.51. The molecule has 1 rings (SSSR count). The van der Waals surface area contributed by atoms with Crippen LogP contribution in [0, 0.1) is 0 Å². The van der Waals surface area contributed by atoms with E-state index >= 15 is 0 Å². The first kappa shape index (κ1) is 11.9. The standard InChI is InChI=1S/C11H15NO2S/c1-15-8-2-7-12-11(14)9-3-5-10(13)6-4-9/h3-6,13H,2,7-8H2,1H3,(H,12,14). The zero-order valence-electron chi connectivity index (χ0n) is 8.69. The van der Waals surface area contributed by atoms with Crippen molar-refractivity contribution in [2.24, 2.45) is 0 Å². The number of benzene rings is 1. The summed E-state index contributed by atoms with van der Waals surface area (Å²) in [6.45, 7) is 0.695. The number of aromatic hydroxyl groups is 1. The third kappa shape index (κ3) is 4.25. The van der Waals surface area contributed by atoms with E-state index in [1.54, 1.807) is 23.9 Å². The van der Waals surface area contributed by atoms with E-state index in [2.05, 4.69) is 5.32 Å². The summed E-state index contributed by atoms with van der Waals surface area (Å²) in [7, 11) is 0. The van der Waals surface area contributed by atoms with E-state index in [1.165, 1.54) is 12.1 Å². The summed E-state index contributed by atoms with van der Waals surface area (Å²) in [6, 6.07) is 6.24. The van der Waals surface area contributed by atoms with Gasteiger partial charge in [0.15, 0.2) is 0 Å².